The Balaban J connectivity index is 1.34. The summed E-state index contributed by atoms with van der Waals surface area (Å²) in [6.07, 6.45) is 0. The van der Waals surface area contributed by atoms with Gasteiger partial charge in [0.15, 0.2) is 0 Å². The van der Waals surface area contributed by atoms with E-state index in [9.17, 15) is 0 Å². The number of hydrogen-bond acceptors (Lipinski definition) is 1. The van der Waals surface area contributed by atoms with Gasteiger partial charge in [-0.3, -0.25) is 0 Å². The molecule has 0 spiro atoms. The van der Waals surface area contributed by atoms with Crippen LogP contribution in [0.4, 0.5) is 0 Å². The molecule has 0 aliphatic heterocycles. The largest absolute Gasteiger partial charge is 0.0901 e. The zero-order valence-corrected chi connectivity index (χ0v) is 22.5. The highest BCUT2D eigenvalue weighted by molar-refractivity contribution is 7.99. The summed E-state index contributed by atoms with van der Waals surface area (Å²) in [4.78, 5) is 2.50. The maximum Gasteiger partial charge on any atom is 0.0340 e. The lowest BCUT2D eigenvalue weighted by molar-refractivity contribution is 0.968. The van der Waals surface area contributed by atoms with E-state index in [0.29, 0.717) is 0 Å². The van der Waals surface area contributed by atoms with Crippen LogP contribution in [0.25, 0.3) is 0 Å². The van der Waals surface area contributed by atoms with Gasteiger partial charge in [0.25, 0.3) is 0 Å². The lowest BCUT2D eigenvalue weighted by atomic mass is 9.85. The average Bonchev–Trinajstić information content (AvgIpc) is 3.00. The van der Waals surface area contributed by atoms with Crippen LogP contribution < -0.4 is 0 Å². The van der Waals surface area contributed by atoms with Gasteiger partial charge in [-0.25, -0.2) is 0 Å². The second-order valence-corrected chi connectivity index (χ2v) is 10.9. The van der Waals surface area contributed by atoms with Crippen molar-refractivity contribution in [2.24, 2.45) is 0 Å². The fourth-order valence-electron chi connectivity index (χ4n) is 5.39. The topological polar surface area (TPSA) is 0 Å². The zero-order valence-electron chi connectivity index (χ0n) is 21.7. The van der Waals surface area contributed by atoms with Crippen molar-refractivity contribution < 1.29 is 0 Å². The molecule has 0 aromatic heterocycles. The SMILES string of the molecule is c1ccc(C(c2ccccc2)c2cccc(Sc3cccc(C(c4ccccc4)c4ccccc4)c3)c2)cc1. The number of benzene rings is 6. The Hall–Kier alpha value is -4.33. The summed E-state index contributed by atoms with van der Waals surface area (Å²) >= 11 is 1.83. The molecule has 0 aliphatic rings. The molecule has 0 amide bonds. The van der Waals surface area contributed by atoms with Crippen molar-refractivity contribution >= 4 is 11.8 Å². The van der Waals surface area contributed by atoms with Crippen molar-refractivity contribution in [3.8, 4) is 0 Å². The fourth-order valence-corrected chi connectivity index (χ4v) is 6.34. The highest BCUT2D eigenvalue weighted by Gasteiger charge is 2.18. The molecule has 0 N–H and O–H groups in total. The van der Waals surface area contributed by atoms with Crippen LogP contribution in [0.3, 0.4) is 0 Å². The minimum absolute atomic E-state index is 0.194. The Kier molecular flexibility index (Phi) is 7.70. The standard InChI is InChI=1S/C38H30S/c1-5-15-29(16-6-1)37(30-17-7-2-8-18-30)33-23-13-25-35(27-33)39-36-26-14-24-34(28-36)38(31-19-9-3-10-20-31)32-21-11-4-12-22-32/h1-28,37-38H. The molecule has 0 radical (unpaired) electrons. The molecule has 1 heteroatoms. The van der Waals surface area contributed by atoms with E-state index in [1.165, 1.54) is 43.2 Å². The van der Waals surface area contributed by atoms with Gasteiger partial charge < -0.3 is 0 Å². The summed E-state index contributed by atoms with van der Waals surface area (Å²) in [7, 11) is 0. The smallest absolute Gasteiger partial charge is 0.0340 e. The van der Waals surface area contributed by atoms with Gasteiger partial charge in [-0.2, -0.15) is 0 Å². The van der Waals surface area contributed by atoms with Gasteiger partial charge in [-0.15, -0.1) is 0 Å². The molecule has 0 saturated carbocycles. The summed E-state index contributed by atoms with van der Waals surface area (Å²) in [5, 5.41) is 0. The lowest BCUT2D eigenvalue weighted by Crippen LogP contribution is -2.03. The molecule has 188 valence electrons. The Morgan fingerprint density at radius 3 is 0.872 bits per heavy atom. The minimum atomic E-state index is 0.194. The first-order valence-electron chi connectivity index (χ1n) is 13.4. The lowest BCUT2D eigenvalue weighted by Gasteiger charge is -2.20. The van der Waals surface area contributed by atoms with Crippen LogP contribution in [-0.4, -0.2) is 0 Å². The van der Waals surface area contributed by atoms with Gasteiger partial charge in [-0.05, 0) is 57.6 Å². The van der Waals surface area contributed by atoms with E-state index < -0.39 is 0 Å². The van der Waals surface area contributed by atoms with E-state index in [0.717, 1.165) is 0 Å². The van der Waals surface area contributed by atoms with Crippen molar-refractivity contribution in [2.75, 3.05) is 0 Å². The van der Waals surface area contributed by atoms with Crippen molar-refractivity contribution in [1.82, 2.24) is 0 Å². The molecule has 6 rings (SSSR count). The molecule has 0 fully saturated rings. The molecule has 0 heterocycles. The third-order valence-electron chi connectivity index (χ3n) is 7.15. The Morgan fingerprint density at radius 1 is 0.282 bits per heavy atom. The normalized spacial score (nSPS) is 11.1. The predicted molar refractivity (Wildman–Crippen MR) is 165 cm³/mol. The van der Waals surface area contributed by atoms with E-state index >= 15 is 0 Å². The first-order valence-corrected chi connectivity index (χ1v) is 14.2. The van der Waals surface area contributed by atoms with Crippen molar-refractivity contribution in [3.63, 3.8) is 0 Å². The minimum Gasteiger partial charge on any atom is -0.0901 e. The highest BCUT2D eigenvalue weighted by atomic mass is 32.2. The van der Waals surface area contributed by atoms with Crippen LogP contribution in [0.5, 0.6) is 0 Å². The summed E-state index contributed by atoms with van der Waals surface area (Å²) in [6, 6.07) is 61.3. The van der Waals surface area contributed by atoms with E-state index in [4.69, 9.17) is 0 Å². The third-order valence-corrected chi connectivity index (χ3v) is 8.13. The van der Waals surface area contributed by atoms with Crippen LogP contribution >= 0.6 is 11.8 Å². The molecule has 0 nitrogen and oxygen atoms in total. The molecule has 0 saturated heterocycles. The molecular weight excluding hydrogens is 488 g/mol. The second kappa shape index (κ2) is 12.0. The van der Waals surface area contributed by atoms with Crippen molar-refractivity contribution in [1.29, 1.82) is 0 Å². The predicted octanol–water partition coefficient (Wildman–Crippen LogP) is 10.2. The first kappa shape index (κ1) is 25.0. The molecule has 0 bridgehead atoms. The maximum absolute atomic E-state index is 2.36. The maximum atomic E-state index is 2.36. The van der Waals surface area contributed by atoms with Crippen LogP contribution in [0.2, 0.25) is 0 Å². The Morgan fingerprint density at radius 2 is 0.564 bits per heavy atom. The van der Waals surface area contributed by atoms with E-state index in [1.807, 2.05) is 11.8 Å². The van der Waals surface area contributed by atoms with Crippen molar-refractivity contribution in [2.45, 2.75) is 21.6 Å². The fraction of sp³-hybridized carbons (Fsp3) is 0.0526. The van der Waals surface area contributed by atoms with Gasteiger partial charge in [-0.1, -0.05) is 157 Å². The van der Waals surface area contributed by atoms with Crippen LogP contribution in [0.1, 0.15) is 45.2 Å². The molecule has 6 aromatic carbocycles. The average molecular weight is 519 g/mol. The number of hydrogen-bond donors (Lipinski definition) is 0. The Labute approximate surface area is 236 Å². The highest BCUT2D eigenvalue weighted by Crippen LogP contribution is 2.38. The first-order chi connectivity index (χ1) is 19.3. The van der Waals surface area contributed by atoms with Crippen molar-refractivity contribution in [3.05, 3.63) is 203 Å². The van der Waals surface area contributed by atoms with Gasteiger partial charge in [0.05, 0.1) is 0 Å². The van der Waals surface area contributed by atoms with Gasteiger partial charge in [0.2, 0.25) is 0 Å². The zero-order chi connectivity index (χ0) is 26.3. The van der Waals surface area contributed by atoms with Crippen LogP contribution in [0, 0.1) is 0 Å². The summed E-state index contributed by atoms with van der Waals surface area (Å²) < 4.78 is 0. The second-order valence-electron chi connectivity index (χ2n) is 9.76. The molecule has 6 aromatic rings. The monoisotopic (exact) mass is 518 g/mol. The van der Waals surface area contributed by atoms with Crippen LogP contribution in [-0.2, 0) is 0 Å². The van der Waals surface area contributed by atoms with E-state index in [1.54, 1.807) is 0 Å². The van der Waals surface area contributed by atoms with Gasteiger partial charge in [0.1, 0.15) is 0 Å². The molecule has 0 atom stereocenters. The summed E-state index contributed by atoms with van der Waals surface area (Å²) in [5.74, 6) is 0.389. The quantitative estimate of drug-likeness (QED) is 0.181. The molecule has 39 heavy (non-hydrogen) atoms. The van der Waals surface area contributed by atoms with E-state index in [2.05, 4.69) is 170 Å². The van der Waals surface area contributed by atoms with E-state index in [-0.39, 0.29) is 11.8 Å². The summed E-state index contributed by atoms with van der Waals surface area (Å²) in [5.41, 5.74) is 7.84. The molecule has 0 aliphatic carbocycles. The van der Waals surface area contributed by atoms with Gasteiger partial charge >= 0.3 is 0 Å². The third kappa shape index (κ3) is 5.90. The summed E-state index contributed by atoms with van der Waals surface area (Å²) in [6.45, 7) is 0. The molecular formula is C38H30S. The molecule has 0 unspecified atom stereocenters. The van der Waals surface area contributed by atoms with Crippen LogP contribution in [0.15, 0.2) is 180 Å². The Bertz CT molecular complexity index is 1410. The number of rotatable bonds is 8. The van der Waals surface area contributed by atoms with Gasteiger partial charge in [0, 0.05) is 21.6 Å².